The fourth-order valence-corrected chi connectivity index (χ4v) is 0.857. The molecule has 1 aromatic heterocycles. The minimum atomic E-state index is -0.140. The molecule has 13 heavy (non-hydrogen) atoms. The Labute approximate surface area is 77.5 Å². The molecule has 1 aromatic rings. The summed E-state index contributed by atoms with van der Waals surface area (Å²) < 4.78 is 0. The zero-order chi connectivity index (χ0) is 9.52. The van der Waals surface area contributed by atoms with E-state index in [4.69, 9.17) is 0 Å². The molecule has 0 saturated heterocycles. The van der Waals surface area contributed by atoms with Gasteiger partial charge >= 0.3 is 0 Å². The predicted octanol–water partition coefficient (Wildman–Crippen LogP) is 1.39. The van der Waals surface area contributed by atoms with Crippen molar-refractivity contribution >= 4 is 5.91 Å². The van der Waals surface area contributed by atoms with Crippen molar-refractivity contribution in [3.63, 3.8) is 0 Å². The molecule has 0 atom stereocenters. The molecule has 3 heteroatoms. The average molecular weight is 176 g/mol. The van der Waals surface area contributed by atoms with Crippen LogP contribution in [0.15, 0.2) is 36.5 Å². The molecule has 1 rings (SSSR count). The van der Waals surface area contributed by atoms with Gasteiger partial charge in [0.1, 0.15) is 5.69 Å². The minimum Gasteiger partial charge on any atom is -0.347 e. The molecule has 0 radical (unpaired) electrons. The third kappa shape index (κ3) is 3.07. The second kappa shape index (κ2) is 5.09. The van der Waals surface area contributed by atoms with E-state index in [0.717, 1.165) is 0 Å². The first-order chi connectivity index (χ1) is 6.34. The first kappa shape index (κ1) is 9.45. The lowest BCUT2D eigenvalue weighted by Crippen LogP contribution is -2.24. The summed E-state index contributed by atoms with van der Waals surface area (Å²) in [6.07, 6.45) is 5.37. The van der Waals surface area contributed by atoms with Gasteiger partial charge in [0.15, 0.2) is 0 Å². The highest BCUT2D eigenvalue weighted by Gasteiger charge is 2.02. The van der Waals surface area contributed by atoms with Gasteiger partial charge < -0.3 is 5.32 Å². The van der Waals surface area contributed by atoms with Crippen molar-refractivity contribution in [1.82, 2.24) is 10.3 Å². The first-order valence-corrected chi connectivity index (χ1v) is 4.15. The molecular weight excluding hydrogens is 164 g/mol. The number of nitrogens with zero attached hydrogens (tertiary/aromatic N) is 1. The van der Waals surface area contributed by atoms with Gasteiger partial charge in [0, 0.05) is 12.7 Å². The van der Waals surface area contributed by atoms with E-state index in [9.17, 15) is 4.79 Å². The summed E-state index contributed by atoms with van der Waals surface area (Å²) in [5.41, 5.74) is 0.451. The van der Waals surface area contributed by atoms with Crippen LogP contribution < -0.4 is 5.32 Å². The summed E-state index contributed by atoms with van der Waals surface area (Å²) in [6, 6.07) is 5.26. The first-order valence-electron chi connectivity index (χ1n) is 4.15. The Morgan fingerprint density at radius 3 is 3.08 bits per heavy atom. The average Bonchev–Trinajstić information content (AvgIpc) is 2.19. The largest absolute Gasteiger partial charge is 0.347 e. The number of nitrogens with one attached hydrogen (secondary N) is 1. The lowest BCUT2D eigenvalue weighted by molar-refractivity contribution is 0.0953. The number of carbonyl (C=O) groups excluding carboxylic acids is 1. The number of hydrogen-bond acceptors (Lipinski definition) is 2. The van der Waals surface area contributed by atoms with Crippen LogP contribution in [0.1, 0.15) is 17.4 Å². The second-order valence-electron chi connectivity index (χ2n) is 2.49. The normalized spacial score (nSPS) is 10.2. The fourth-order valence-electron chi connectivity index (χ4n) is 0.857. The number of pyridine rings is 1. The molecule has 0 aliphatic rings. The smallest absolute Gasteiger partial charge is 0.270 e. The van der Waals surface area contributed by atoms with E-state index in [2.05, 4.69) is 10.3 Å². The molecule has 0 unspecified atom stereocenters. The molecule has 0 aliphatic carbocycles. The summed E-state index contributed by atoms with van der Waals surface area (Å²) in [5, 5.41) is 2.71. The SMILES string of the molecule is C/C=C/CNC(=O)c1ccccn1. The van der Waals surface area contributed by atoms with Crippen molar-refractivity contribution in [1.29, 1.82) is 0 Å². The topological polar surface area (TPSA) is 42.0 Å². The number of allylic oxidation sites excluding steroid dienone is 1. The number of carbonyl (C=O) groups is 1. The lowest BCUT2D eigenvalue weighted by Gasteiger charge is -1.99. The number of rotatable bonds is 3. The van der Waals surface area contributed by atoms with Crippen LogP contribution in [0.5, 0.6) is 0 Å². The van der Waals surface area contributed by atoms with Crippen LogP contribution in [0.25, 0.3) is 0 Å². The van der Waals surface area contributed by atoms with E-state index in [1.165, 1.54) is 0 Å². The molecule has 0 saturated carbocycles. The van der Waals surface area contributed by atoms with Gasteiger partial charge in [-0.25, -0.2) is 0 Å². The molecule has 3 nitrogen and oxygen atoms in total. The molecule has 0 aliphatic heterocycles. The number of amides is 1. The highest BCUT2D eigenvalue weighted by atomic mass is 16.1. The van der Waals surface area contributed by atoms with Gasteiger partial charge in [0.2, 0.25) is 0 Å². The maximum absolute atomic E-state index is 11.3. The van der Waals surface area contributed by atoms with Gasteiger partial charge in [0.25, 0.3) is 5.91 Å². The zero-order valence-corrected chi connectivity index (χ0v) is 7.53. The standard InChI is InChI=1S/C10H12N2O/c1-2-3-7-12-10(13)9-6-4-5-8-11-9/h2-6,8H,7H2,1H3,(H,12,13)/b3-2+. The van der Waals surface area contributed by atoms with Crippen LogP contribution >= 0.6 is 0 Å². The van der Waals surface area contributed by atoms with Gasteiger partial charge in [-0.15, -0.1) is 0 Å². The van der Waals surface area contributed by atoms with Gasteiger partial charge in [0.05, 0.1) is 0 Å². The van der Waals surface area contributed by atoms with Crippen LogP contribution in [0.4, 0.5) is 0 Å². The predicted molar refractivity (Wildman–Crippen MR) is 51.4 cm³/mol. The molecular formula is C10H12N2O. The third-order valence-corrected chi connectivity index (χ3v) is 1.51. The third-order valence-electron chi connectivity index (χ3n) is 1.51. The Morgan fingerprint density at radius 2 is 2.46 bits per heavy atom. The second-order valence-corrected chi connectivity index (χ2v) is 2.49. The van der Waals surface area contributed by atoms with Crippen LogP contribution in [0.2, 0.25) is 0 Å². The van der Waals surface area contributed by atoms with E-state index in [1.54, 1.807) is 24.4 Å². The number of aromatic nitrogens is 1. The van der Waals surface area contributed by atoms with Gasteiger partial charge in [-0.3, -0.25) is 9.78 Å². The molecule has 0 aromatic carbocycles. The van der Waals surface area contributed by atoms with Crippen molar-refractivity contribution in [3.8, 4) is 0 Å². The van der Waals surface area contributed by atoms with Gasteiger partial charge in [-0.05, 0) is 19.1 Å². The Kier molecular flexibility index (Phi) is 3.70. The summed E-state index contributed by atoms with van der Waals surface area (Å²) in [7, 11) is 0. The summed E-state index contributed by atoms with van der Waals surface area (Å²) in [6.45, 7) is 2.46. The lowest BCUT2D eigenvalue weighted by atomic mass is 10.3. The Bertz CT molecular complexity index is 293. The van der Waals surface area contributed by atoms with Crippen molar-refractivity contribution in [2.75, 3.05) is 6.54 Å². The zero-order valence-electron chi connectivity index (χ0n) is 7.53. The van der Waals surface area contributed by atoms with E-state index in [0.29, 0.717) is 12.2 Å². The summed E-state index contributed by atoms with van der Waals surface area (Å²) in [4.78, 5) is 15.2. The molecule has 0 bridgehead atoms. The maximum atomic E-state index is 11.3. The minimum absolute atomic E-state index is 0.140. The molecule has 1 heterocycles. The van der Waals surface area contributed by atoms with Crippen LogP contribution in [-0.2, 0) is 0 Å². The van der Waals surface area contributed by atoms with Gasteiger partial charge in [-0.2, -0.15) is 0 Å². The Morgan fingerprint density at radius 1 is 1.62 bits per heavy atom. The van der Waals surface area contributed by atoms with Crippen molar-refractivity contribution < 1.29 is 4.79 Å². The summed E-state index contributed by atoms with van der Waals surface area (Å²) in [5.74, 6) is -0.140. The quantitative estimate of drug-likeness (QED) is 0.707. The summed E-state index contributed by atoms with van der Waals surface area (Å²) >= 11 is 0. The molecule has 1 N–H and O–H groups in total. The van der Waals surface area contributed by atoms with E-state index >= 15 is 0 Å². The van der Waals surface area contributed by atoms with Gasteiger partial charge in [-0.1, -0.05) is 18.2 Å². The van der Waals surface area contributed by atoms with Crippen LogP contribution in [0.3, 0.4) is 0 Å². The molecule has 1 amide bonds. The maximum Gasteiger partial charge on any atom is 0.270 e. The molecule has 0 spiro atoms. The van der Waals surface area contributed by atoms with E-state index in [1.807, 2.05) is 19.1 Å². The highest BCUT2D eigenvalue weighted by Crippen LogP contribution is 1.91. The number of hydrogen-bond donors (Lipinski definition) is 1. The van der Waals surface area contributed by atoms with Crippen molar-refractivity contribution in [2.45, 2.75) is 6.92 Å². The Hall–Kier alpha value is -1.64. The van der Waals surface area contributed by atoms with E-state index in [-0.39, 0.29) is 5.91 Å². The molecule has 0 fully saturated rings. The van der Waals surface area contributed by atoms with Crippen LogP contribution in [0, 0.1) is 0 Å². The monoisotopic (exact) mass is 176 g/mol. The van der Waals surface area contributed by atoms with E-state index < -0.39 is 0 Å². The van der Waals surface area contributed by atoms with Crippen molar-refractivity contribution in [3.05, 3.63) is 42.2 Å². The fraction of sp³-hybridized carbons (Fsp3) is 0.200. The molecule has 68 valence electrons. The Balaban J connectivity index is 2.49. The highest BCUT2D eigenvalue weighted by molar-refractivity contribution is 5.92. The van der Waals surface area contributed by atoms with Crippen LogP contribution in [-0.4, -0.2) is 17.4 Å². The van der Waals surface area contributed by atoms with Crippen molar-refractivity contribution in [2.24, 2.45) is 0 Å².